The van der Waals surface area contributed by atoms with Gasteiger partial charge in [0, 0.05) is 18.8 Å². The van der Waals surface area contributed by atoms with Crippen molar-refractivity contribution in [2.24, 2.45) is 16.6 Å². The summed E-state index contributed by atoms with van der Waals surface area (Å²) < 4.78 is 5.47. The zero-order valence-corrected chi connectivity index (χ0v) is 12.0. The van der Waals surface area contributed by atoms with Crippen LogP contribution in [0.25, 0.3) is 0 Å². The minimum absolute atomic E-state index is 0.257. The highest BCUT2D eigenvalue weighted by molar-refractivity contribution is 7.99. The molecule has 1 unspecified atom stereocenters. The Bertz CT molecular complexity index is 246. The summed E-state index contributed by atoms with van der Waals surface area (Å²) in [5.41, 5.74) is 5.96. The first-order valence-corrected chi connectivity index (χ1v) is 7.49. The first-order valence-electron chi connectivity index (χ1n) is 6.33. The summed E-state index contributed by atoms with van der Waals surface area (Å²) >= 11 is 1.94. The zero-order chi connectivity index (χ0) is 12.7. The van der Waals surface area contributed by atoms with Crippen molar-refractivity contribution in [3.05, 3.63) is 0 Å². The molecule has 5 heteroatoms. The second kappa shape index (κ2) is 7.82. The molecule has 4 nitrogen and oxygen atoms in total. The fourth-order valence-electron chi connectivity index (χ4n) is 1.67. The molecule has 0 aromatic rings. The van der Waals surface area contributed by atoms with E-state index in [4.69, 9.17) is 10.5 Å². The predicted molar refractivity (Wildman–Crippen MR) is 75.6 cm³/mol. The SMILES string of the molecule is CC(C)CSCCN=C(N)N1CCOC(C)C1. The molecule has 0 spiro atoms. The molecule has 1 rings (SSSR count). The van der Waals surface area contributed by atoms with Gasteiger partial charge in [-0.1, -0.05) is 13.8 Å². The third-order valence-electron chi connectivity index (χ3n) is 2.53. The van der Waals surface area contributed by atoms with Gasteiger partial charge in [-0.05, 0) is 18.6 Å². The molecule has 0 aromatic carbocycles. The average molecular weight is 259 g/mol. The third kappa shape index (κ3) is 6.17. The Balaban J connectivity index is 2.19. The molecule has 0 bridgehead atoms. The van der Waals surface area contributed by atoms with Crippen LogP contribution in [0.15, 0.2) is 4.99 Å². The normalized spacial score (nSPS) is 22.2. The predicted octanol–water partition coefficient (Wildman–Crippen LogP) is 1.41. The van der Waals surface area contributed by atoms with Crippen molar-refractivity contribution in [3.8, 4) is 0 Å². The average Bonchev–Trinajstić information content (AvgIpc) is 2.28. The van der Waals surface area contributed by atoms with Gasteiger partial charge in [0.25, 0.3) is 0 Å². The molecule has 1 saturated heterocycles. The lowest BCUT2D eigenvalue weighted by atomic mass is 10.3. The fourth-order valence-corrected chi connectivity index (χ4v) is 2.53. The van der Waals surface area contributed by atoms with E-state index in [9.17, 15) is 0 Å². The number of hydrogen-bond donors (Lipinski definition) is 1. The maximum absolute atomic E-state index is 5.96. The van der Waals surface area contributed by atoms with E-state index >= 15 is 0 Å². The number of guanidine groups is 1. The molecule has 1 aliphatic rings. The monoisotopic (exact) mass is 259 g/mol. The largest absolute Gasteiger partial charge is 0.375 e. The number of ether oxygens (including phenoxy) is 1. The fraction of sp³-hybridized carbons (Fsp3) is 0.917. The second-order valence-corrected chi connectivity index (χ2v) is 5.99. The van der Waals surface area contributed by atoms with Crippen LogP contribution in [0, 0.1) is 5.92 Å². The maximum Gasteiger partial charge on any atom is 0.191 e. The Hall–Kier alpha value is -0.420. The molecular formula is C12H25N3OS. The van der Waals surface area contributed by atoms with E-state index in [1.807, 2.05) is 11.8 Å². The van der Waals surface area contributed by atoms with Gasteiger partial charge in [0.05, 0.1) is 19.3 Å². The van der Waals surface area contributed by atoms with Crippen molar-refractivity contribution in [2.45, 2.75) is 26.9 Å². The van der Waals surface area contributed by atoms with Gasteiger partial charge in [0.1, 0.15) is 0 Å². The number of thioether (sulfide) groups is 1. The van der Waals surface area contributed by atoms with Gasteiger partial charge in [-0.25, -0.2) is 0 Å². The molecule has 0 aromatic heterocycles. The van der Waals surface area contributed by atoms with Crippen LogP contribution < -0.4 is 5.73 Å². The number of nitrogens with zero attached hydrogens (tertiary/aromatic N) is 2. The van der Waals surface area contributed by atoms with Crippen LogP contribution in [-0.4, -0.2) is 54.7 Å². The highest BCUT2D eigenvalue weighted by Gasteiger charge is 2.17. The molecular weight excluding hydrogens is 234 g/mol. The summed E-state index contributed by atoms with van der Waals surface area (Å²) in [6.45, 7) is 9.82. The molecule has 0 amide bonds. The first kappa shape index (κ1) is 14.6. The van der Waals surface area contributed by atoms with Crippen molar-refractivity contribution in [3.63, 3.8) is 0 Å². The number of aliphatic imine (C=N–C) groups is 1. The van der Waals surface area contributed by atoms with Gasteiger partial charge in [0.2, 0.25) is 0 Å². The van der Waals surface area contributed by atoms with E-state index in [1.165, 1.54) is 5.75 Å². The van der Waals surface area contributed by atoms with Gasteiger partial charge >= 0.3 is 0 Å². The highest BCUT2D eigenvalue weighted by atomic mass is 32.2. The summed E-state index contributed by atoms with van der Waals surface area (Å²) in [6.07, 6.45) is 0.257. The Kier molecular flexibility index (Phi) is 6.73. The molecule has 1 atom stereocenters. The quantitative estimate of drug-likeness (QED) is 0.461. The van der Waals surface area contributed by atoms with E-state index in [-0.39, 0.29) is 6.10 Å². The lowest BCUT2D eigenvalue weighted by Gasteiger charge is -2.31. The van der Waals surface area contributed by atoms with E-state index in [0.29, 0.717) is 5.96 Å². The Morgan fingerprint density at radius 1 is 1.59 bits per heavy atom. The topological polar surface area (TPSA) is 50.8 Å². The van der Waals surface area contributed by atoms with E-state index < -0.39 is 0 Å². The standard InChI is InChI=1S/C12H25N3OS/c1-10(2)9-17-7-4-14-12(13)15-5-6-16-11(3)8-15/h10-11H,4-9H2,1-3H3,(H2,13,14). The molecule has 1 aliphatic heterocycles. The minimum atomic E-state index is 0.257. The van der Waals surface area contributed by atoms with Gasteiger partial charge in [0.15, 0.2) is 5.96 Å². The van der Waals surface area contributed by atoms with Gasteiger partial charge in [-0.15, -0.1) is 0 Å². The first-order chi connectivity index (χ1) is 8.09. The molecule has 2 N–H and O–H groups in total. The highest BCUT2D eigenvalue weighted by Crippen LogP contribution is 2.07. The number of nitrogens with two attached hydrogens (primary N) is 1. The van der Waals surface area contributed by atoms with E-state index in [0.717, 1.165) is 37.9 Å². The molecule has 0 saturated carbocycles. The molecule has 17 heavy (non-hydrogen) atoms. The van der Waals surface area contributed by atoms with Crippen LogP contribution in [0.2, 0.25) is 0 Å². The van der Waals surface area contributed by atoms with E-state index in [1.54, 1.807) is 0 Å². The number of rotatable bonds is 5. The second-order valence-electron chi connectivity index (χ2n) is 4.84. The molecule has 1 heterocycles. The summed E-state index contributed by atoms with van der Waals surface area (Å²) in [6, 6.07) is 0. The molecule has 1 fully saturated rings. The molecule has 100 valence electrons. The van der Waals surface area contributed by atoms with Crippen LogP contribution in [0.3, 0.4) is 0 Å². The van der Waals surface area contributed by atoms with Crippen LogP contribution in [0.1, 0.15) is 20.8 Å². The van der Waals surface area contributed by atoms with Crippen LogP contribution >= 0.6 is 11.8 Å². The Morgan fingerprint density at radius 2 is 2.35 bits per heavy atom. The van der Waals surface area contributed by atoms with Gasteiger partial charge in [-0.3, -0.25) is 4.99 Å². The summed E-state index contributed by atoms with van der Waals surface area (Å²) in [4.78, 5) is 6.54. The van der Waals surface area contributed by atoms with Crippen molar-refractivity contribution in [1.29, 1.82) is 0 Å². The molecule has 0 aliphatic carbocycles. The summed E-state index contributed by atoms with van der Waals surface area (Å²) in [5, 5.41) is 0. The minimum Gasteiger partial charge on any atom is -0.375 e. The van der Waals surface area contributed by atoms with E-state index in [2.05, 4.69) is 30.7 Å². The lowest BCUT2D eigenvalue weighted by molar-refractivity contribution is 0.00531. The summed E-state index contributed by atoms with van der Waals surface area (Å²) in [7, 11) is 0. The number of hydrogen-bond acceptors (Lipinski definition) is 3. The smallest absolute Gasteiger partial charge is 0.191 e. The van der Waals surface area contributed by atoms with Crippen molar-refractivity contribution < 1.29 is 4.74 Å². The van der Waals surface area contributed by atoms with Crippen molar-refractivity contribution in [2.75, 3.05) is 37.7 Å². The van der Waals surface area contributed by atoms with Crippen molar-refractivity contribution >= 4 is 17.7 Å². The Labute approximate surface area is 109 Å². The van der Waals surface area contributed by atoms with Crippen molar-refractivity contribution in [1.82, 2.24) is 4.90 Å². The Morgan fingerprint density at radius 3 is 3.00 bits per heavy atom. The van der Waals surface area contributed by atoms with Gasteiger partial charge < -0.3 is 15.4 Å². The van der Waals surface area contributed by atoms with Crippen LogP contribution in [-0.2, 0) is 4.74 Å². The zero-order valence-electron chi connectivity index (χ0n) is 11.2. The van der Waals surface area contributed by atoms with Crippen LogP contribution in [0.5, 0.6) is 0 Å². The third-order valence-corrected chi connectivity index (χ3v) is 3.90. The number of morpholine rings is 1. The summed E-state index contributed by atoms with van der Waals surface area (Å²) in [5.74, 6) is 3.68. The van der Waals surface area contributed by atoms with Crippen LogP contribution in [0.4, 0.5) is 0 Å². The molecule has 0 radical (unpaired) electrons. The maximum atomic E-state index is 5.96. The van der Waals surface area contributed by atoms with Gasteiger partial charge in [-0.2, -0.15) is 11.8 Å². The lowest BCUT2D eigenvalue weighted by Crippen LogP contribution is -2.48.